The molecule has 0 bridgehead atoms. The number of sulfonamides is 1. The highest BCUT2D eigenvalue weighted by Crippen LogP contribution is 2.17. The van der Waals surface area contributed by atoms with Crippen LogP contribution in [0.15, 0.2) is 47.5 Å². The molecule has 0 aliphatic carbocycles. The molecule has 4 nitrogen and oxygen atoms in total. The van der Waals surface area contributed by atoms with E-state index >= 15 is 0 Å². The Balaban J connectivity index is 2.27. The average molecular weight is 395 g/mol. The lowest BCUT2D eigenvalue weighted by molar-refractivity contribution is 0.601. The molecule has 0 fully saturated rings. The highest BCUT2D eigenvalue weighted by Gasteiger charge is 2.14. The smallest absolute Gasteiger partial charge is 0.263 e. The van der Waals surface area contributed by atoms with Gasteiger partial charge >= 0.3 is 0 Å². The molecule has 0 spiro atoms. The van der Waals surface area contributed by atoms with E-state index in [0.717, 1.165) is 3.57 Å². The van der Waals surface area contributed by atoms with Gasteiger partial charge in [0.05, 0.1) is 0 Å². The lowest BCUT2D eigenvalue weighted by Crippen LogP contribution is -2.13. The molecule has 1 aromatic carbocycles. The molecule has 0 saturated carbocycles. The summed E-state index contributed by atoms with van der Waals surface area (Å²) in [5, 5.41) is 0.253. The van der Waals surface area contributed by atoms with Gasteiger partial charge in [0, 0.05) is 15.5 Å². The third kappa shape index (κ3) is 3.33. The Morgan fingerprint density at radius 3 is 2.33 bits per heavy atom. The van der Waals surface area contributed by atoms with E-state index < -0.39 is 10.0 Å². The zero-order chi connectivity index (χ0) is 13.2. The van der Waals surface area contributed by atoms with Crippen molar-refractivity contribution in [1.29, 1.82) is 0 Å². The summed E-state index contributed by atoms with van der Waals surface area (Å²) in [6.07, 6.45) is 1.22. The fourth-order valence-corrected chi connectivity index (χ4v) is 2.73. The summed E-state index contributed by atoms with van der Waals surface area (Å²) in [5.41, 5.74) is 0.505. The molecule has 2 rings (SSSR count). The molecule has 1 N–H and O–H groups in total. The number of anilines is 1. The summed E-state index contributed by atoms with van der Waals surface area (Å²) in [5.74, 6) is 0. The van der Waals surface area contributed by atoms with Crippen LogP contribution in [0.5, 0.6) is 0 Å². The first-order valence-electron chi connectivity index (χ1n) is 4.87. The lowest BCUT2D eigenvalue weighted by Gasteiger charge is -2.07. The normalized spacial score (nSPS) is 11.2. The summed E-state index contributed by atoms with van der Waals surface area (Å²) < 4.78 is 27.5. The number of aromatic nitrogens is 1. The van der Waals surface area contributed by atoms with Gasteiger partial charge in [-0.15, -0.1) is 0 Å². The Labute approximate surface area is 124 Å². The van der Waals surface area contributed by atoms with Gasteiger partial charge in [0.15, 0.2) is 0 Å². The van der Waals surface area contributed by atoms with Crippen LogP contribution in [0.4, 0.5) is 5.69 Å². The van der Waals surface area contributed by atoms with Gasteiger partial charge in [-0.1, -0.05) is 11.6 Å². The van der Waals surface area contributed by atoms with Crippen LogP contribution in [-0.2, 0) is 10.0 Å². The van der Waals surface area contributed by atoms with Gasteiger partial charge in [0.1, 0.15) is 10.0 Å². The summed E-state index contributed by atoms with van der Waals surface area (Å²) in [7, 11) is -3.62. The molecular formula is C11H8ClIN2O2S. The predicted molar refractivity (Wildman–Crippen MR) is 79.2 cm³/mol. The van der Waals surface area contributed by atoms with Crippen LogP contribution in [0.1, 0.15) is 0 Å². The van der Waals surface area contributed by atoms with Crippen molar-refractivity contribution in [3.05, 3.63) is 51.3 Å². The van der Waals surface area contributed by atoms with Crippen molar-refractivity contribution >= 4 is 49.9 Å². The zero-order valence-corrected chi connectivity index (χ0v) is 12.7. The first-order chi connectivity index (χ1) is 8.47. The summed E-state index contributed by atoms with van der Waals surface area (Å²) in [6, 6.07) is 9.87. The maximum atomic E-state index is 12.0. The summed E-state index contributed by atoms with van der Waals surface area (Å²) in [4.78, 5) is 3.82. The number of nitrogens with zero attached hydrogens (tertiary/aromatic N) is 1. The largest absolute Gasteiger partial charge is 0.280 e. The number of hydrogen-bond donors (Lipinski definition) is 1. The minimum atomic E-state index is -3.62. The van der Waals surface area contributed by atoms with Crippen molar-refractivity contribution < 1.29 is 8.42 Å². The molecule has 94 valence electrons. The van der Waals surface area contributed by atoms with Crippen LogP contribution in [0.25, 0.3) is 0 Å². The monoisotopic (exact) mass is 394 g/mol. The third-order valence-corrected chi connectivity index (χ3v) is 4.42. The summed E-state index contributed by atoms with van der Waals surface area (Å²) in [6.45, 7) is 0. The van der Waals surface area contributed by atoms with Gasteiger partial charge in [0.2, 0.25) is 0 Å². The van der Waals surface area contributed by atoms with Crippen LogP contribution >= 0.6 is 34.2 Å². The quantitative estimate of drug-likeness (QED) is 0.643. The van der Waals surface area contributed by atoms with Crippen molar-refractivity contribution in [2.45, 2.75) is 4.90 Å². The van der Waals surface area contributed by atoms with Gasteiger partial charge in [0.25, 0.3) is 10.0 Å². The molecule has 1 heterocycles. The molecule has 0 atom stereocenters. The highest BCUT2D eigenvalue weighted by molar-refractivity contribution is 14.1. The summed E-state index contributed by atoms with van der Waals surface area (Å²) >= 11 is 7.76. The Morgan fingerprint density at radius 2 is 1.78 bits per heavy atom. The molecule has 1 aromatic heterocycles. The molecule has 2 aromatic rings. The maximum Gasteiger partial charge on any atom is 0.263 e. The van der Waals surface area contributed by atoms with Crippen LogP contribution in [0.3, 0.4) is 0 Å². The number of pyridine rings is 1. The molecule has 7 heteroatoms. The van der Waals surface area contributed by atoms with E-state index in [1.165, 1.54) is 18.3 Å². The second kappa shape index (κ2) is 5.41. The number of benzene rings is 1. The van der Waals surface area contributed by atoms with Gasteiger partial charge in [-0.2, -0.15) is 0 Å². The number of nitrogens with one attached hydrogen (secondary N) is 1. The fraction of sp³-hybridized carbons (Fsp3) is 0. The fourth-order valence-electron chi connectivity index (χ4n) is 1.25. The topological polar surface area (TPSA) is 59.1 Å². The van der Waals surface area contributed by atoms with Gasteiger partial charge < -0.3 is 0 Å². The van der Waals surface area contributed by atoms with E-state index in [9.17, 15) is 8.42 Å². The van der Waals surface area contributed by atoms with Crippen molar-refractivity contribution in [3.8, 4) is 0 Å². The maximum absolute atomic E-state index is 12.0. The van der Waals surface area contributed by atoms with E-state index in [-0.39, 0.29) is 10.0 Å². The van der Waals surface area contributed by atoms with E-state index in [1.807, 2.05) is 12.1 Å². The van der Waals surface area contributed by atoms with Gasteiger partial charge in [-0.05, 0) is 59.0 Å². The standard InChI is InChI=1S/C11H8ClIN2O2S/c12-11-6-5-10(7-14-11)18(16,17)15-9-3-1-8(13)2-4-9/h1-7,15H. The van der Waals surface area contributed by atoms with Crippen molar-refractivity contribution in [2.24, 2.45) is 0 Å². The average Bonchev–Trinajstić information content (AvgIpc) is 2.32. The Morgan fingerprint density at radius 1 is 1.11 bits per heavy atom. The van der Waals surface area contributed by atoms with Gasteiger partial charge in [-0.25, -0.2) is 13.4 Å². The molecule has 0 aliphatic rings. The third-order valence-electron chi connectivity index (χ3n) is 2.11. The van der Waals surface area contributed by atoms with E-state index in [1.54, 1.807) is 12.1 Å². The first kappa shape index (κ1) is 13.6. The lowest BCUT2D eigenvalue weighted by atomic mass is 10.3. The number of hydrogen-bond acceptors (Lipinski definition) is 3. The van der Waals surface area contributed by atoms with Crippen molar-refractivity contribution in [1.82, 2.24) is 4.98 Å². The Hall–Kier alpha value is -0.860. The Bertz CT molecular complexity index is 642. The highest BCUT2D eigenvalue weighted by atomic mass is 127. The van der Waals surface area contributed by atoms with Gasteiger partial charge in [-0.3, -0.25) is 4.72 Å². The second-order valence-corrected chi connectivity index (χ2v) is 6.74. The first-order valence-corrected chi connectivity index (χ1v) is 7.81. The van der Waals surface area contributed by atoms with E-state index in [4.69, 9.17) is 11.6 Å². The second-order valence-electron chi connectivity index (χ2n) is 3.43. The Kier molecular flexibility index (Phi) is 4.08. The SMILES string of the molecule is O=S(=O)(Nc1ccc(I)cc1)c1ccc(Cl)nc1. The minimum absolute atomic E-state index is 0.0745. The van der Waals surface area contributed by atoms with Crippen LogP contribution in [0, 0.1) is 3.57 Å². The minimum Gasteiger partial charge on any atom is -0.280 e. The zero-order valence-electron chi connectivity index (χ0n) is 8.97. The van der Waals surface area contributed by atoms with Crippen molar-refractivity contribution in [3.63, 3.8) is 0 Å². The molecule has 18 heavy (non-hydrogen) atoms. The van der Waals surface area contributed by atoms with Crippen molar-refractivity contribution in [2.75, 3.05) is 4.72 Å². The van der Waals surface area contributed by atoms with E-state index in [0.29, 0.717) is 5.69 Å². The molecular weight excluding hydrogens is 387 g/mol. The van der Waals surface area contributed by atoms with Crippen LogP contribution < -0.4 is 4.72 Å². The number of halogens is 2. The predicted octanol–water partition coefficient (Wildman–Crippen LogP) is 3.14. The molecule has 0 radical (unpaired) electrons. The van der Waals surface area contributed by atoms with Crippen LogP contribution in [0.2, 0.25) is 5.15 Å². The molecule has 0 amide bonds. The molecule has 0 unspecified atom stereocenters. The van der Waals surface area contributed by atoms with Crippen LogP contribution in [-0.4, -0.2) is 13.4 Å². The molecule has 0 aliphatic heterocycles. The number of rotatable bonds is 3. The van der Waals surface area contributed by atoms with E-state index in [2.05, 4.69) is 32.3 Å². The molecule has 0 saturated heterocycles.